The van der Waals surface area contributed by atoms with E-state index in [0.717, 1.165) is 0 Å². The van der Waals surface area contributed by atoms with Gasteiger partial charge in [-0.1, -0.05) is 0 Å². The second-order valence-electron chi connectivity index (χ2n) is 3.94. The maximum absolute atomic E-state index is 11.9. The number of carbonyl (C=O) groups is 2. The van der Waals surface area contributed by atoms with Crippen LogP contribution in [0, 0.1) is 18.3 Å². The number of rotatable bonds is 4. The van der Waals surface area contributed by atoms with Crippen molar-refractivity contribution < 1.29 is 18.7 Å². The standard InChI is InChI=1S/C13H17N3O4/c1-5-16(6-2)13(18)15-11-9(7-14)10(8(3)20-11)12(17)19-4/h5-6H2,1-4H3,(H,15,18). The molecule has 1 aromatic heterocycles. The van der Waals surface area contributed by atoms with Crippen LogP contribution < -0.4 is 5.32 Å². The van der Waals surface area contributed by atoms with Crippen LogP contribution >= 0.6 is 0 Å². The van der Waals surface area contributed by atoms with Gasteiger partial charge in [0.2, 0.25) is 5.88 Å². The number of nitrogens with zero attached hydrogens (tertiary/aromatic N) is 2. The fourth-order valence-electron chi connectivity index (χ4n) is 1.77. The van der Waals surface area contributed by atoms with Gasteiger partial charge in [0.25, 0.3) is 0 Å². The molecule has 0 unspecified atom stereocenters. The first-order valence-electron chi connectivity index (χ1n) is 6.17. The Labute approximate surface area is 117 Å². The van der Waals surface area contributed by atoms with Crippen molar-refractivity contribution in [2.24, 2.45) is 0 Å². The maximum atomic E-state index is 11.9. The number of aryl methyl sites for hydroxylation is 1. The highest BCUT2D eigenvalue weighted by Gasteiger charge is 2.26. The molecule has 0 saturated heterocycles. The zero-order valence-corrected chi connectivity index (χ0v) is 11.9. The first-order valence-corrected chi connectivity index (χ1v) is 6.17. The van der Waals surface area contributed by atoms with E-state index in [4.69, 9.17) is 9.68 Å². The van der Waals surface area contributed by atoms with E-state index in [1.54, 1.807) is 0 Å². The van der Waals surface area contributed by atoms with Gasteiger partial charge in [-0.15, -0.1) is 0 Å². The SMILES string of the molecule is CCN(CC)C(=O)Nc1oc(C)c(C(=O)OC)c1C#N. The van der Waals surface area contributed by atoms with Gasteiger partial charge in [0.15, 0.2) is 0 Å². The number of hydrogen-bond donors (Lipinski definition) is 1. The number of nitriles is 1. The molecule has 1 N–H and O–H groups in total. The Bertz CT molecular complexity index is 553. The van der Waals surface area contributed by atoms with Crippen LogP contribution in [-0.2, 0) is 4.74 Å². The number of carbonyl (C=O) groups excluding carboxylic acids is 2. The van der Waals surface area contributed by atoms with Crippen molar-refractivity contribution in [1.82, 2.24) is 4.90 Å². The predicted molar refractivity (Wildman–Crippen MR) is 71.4 cm³/mol. The minimum Gasteiger partial charge on any atom is -0.465 e. The summed E-state index contributed by atoms with van der Waals surface area (Å²) in [6, 6.07) is 1.46. The Balaban J connectivity index is 3.12. The molecule has 0 bridgehead atoms. The fourth-order valence-corrected chi connectivity index (χ4v) is 1.77. The van der Waals surface area contributed by atoms with E-state index >= 15 is 0 Å². The summed E-state index contributed by atoms with van der Waals surface area (Å²) >= 11 is 0. The number of methoxy groups -OCH3 is 1. The molecule has 0 aliphatic rings. The van der Waals surface area contributed by atoms with Crippen molar-refractivity contribution >= 4 is 17.9 Å². The summed E-state index contributed by atoms with van der Waals surface area (Å²) in [6.45, 7) is 6.24. The molecule has 0 aliphatic heterocycles. The lowest BCUT2D eigenvalue weighted by Crippen LogP contribution is -2.34. The molecule has 0 aromatic carbocycles. The number of ether oxygens (including phenoxy) is 1. The highest BCUT2D eigenvalue weighted by molar-refractivity contribution is 5.97. The summed E-state index contributed by atoms with van der Waals surface area (Å²) in [4.78, 5) is 25.1. The normalized spacial score (nSPS) is 9.75. The minimum absolute atomic E-state index is 0.0323. The lowest BCUT2D eigenvalue weighted by Gasteiger charge is -2.18. The third kappa shape index (κ3) is 2.91. The van der Waals surface area contributed by atoms with Crippen LogP contribution in [0.4, 0.5) is 10.7 Å². The van der Waals surface area contributed by atoms with E-state index in [9.17, 15) is 9.59 Å². The molecule has 0 saturated carbocycles. The summed E-state index contributed by atoms with van der Waals surface area (Å²) < 4.78 is 9.88. The number of anilines is 1. The van der Waals surface area contributed by atoms with Gasteiger partial charge in [-0.3, -0.25) is 5.32 Å². The molecule has 108 valence electrons. The van der Waals surface area contributed by atoms with Gasteiger partial charge in [-0.05, 0) is 20.8 Å². The molecule has 1 heterocycles. The molecule has 2 amide bonds. The smallest absolute Gasteiger partial charge is 0.342 e. The van der Waals surface area contributed by atoms with Gasteiger partial charge < -0.3 is 14.1 Å². The van der Waals surface area contributed by atoms with Crippen LogP contribution in [-0.4, -0.2) is 37.1 Å². The van der Waals surface area contributed by atoms with Gasteiger partial charge in [-0.2, -0.15) is 5.26 Å². The molecule has 7 nitrogen and oxygen atoms in total. The molecule has 1 rings (SSSR count). The van der Waals surface area contributed by atoms with Crippen LogP contribution in [0.25, 0.3) is 0 Å². The zero-order chi connectivity index (χ0) is 15.3. The van der Waals surface area contributed by atoms with Crippen molar-refractivity contribution in [3.63, 3.8) is 0 Å². The number of amides is 2. The van der Waals surface area contributed by atoms with Gasteiger partial charge in [0.1, 0.15) is 23.0 Å². The molecule has 0 spiro atoms. The Hall–Kier alpha value is -2.49. The van der Waals surface area contributed by atoms with Gasteiger partial charge in [0.05, 0.1) is 7.11 Å². The largest absolute Gasteiger partial charge is 0.465 e. The molecule has 20 heavy (non-hydrogen) atoms. The van der Waals surface area contributed by atoms with Crippen molar-refractivity contribution in [2.75, 3.05) is 25.5 Å². The van der Waals surface area contributed by atoms with Crippen LogP contribution in [0.2, 0.25) is 0 Å². The average molecular weight is 279 g/mol. The quantitative estimate of drug-likeness (QED) is 0.852. The van der Waals surface area contributed by atoms with Crippen molar-refractivity contribution in [3.05, 3.63) is 16.9 Å². The minimum atomic E-state index is -0.675. The van der Waals surface area contributed by atoms with Crippen molar-refractivity contribution in [3.8, 4) is 6.07 Å². The topological polar surface area (TPSA) is 95.6 Å². The third-order valence-corrected chi connectivity index (χ3v) is 2.86. The van der Waals surface area contributed by atoms with Crippen LogP contribution in [0.5, 0.6) is 0 Å². The van der Waals surface area contributed by atoms with Gasteiger partial charge in [-0.25, -0.2) is 9.59 Å². The zero-order valence-electron chi connectivity index (χ0n) is 11.9. The third-order valence-electron chi connectivity index (χ3n) is 2.86. The van der Waals surface area contributed by atoms with Crippen molar-refractivity contribution in [2.45, 2.75) is 20.8 Å². The second kappa shape index (κ2) is 6.61. The van der Waals surface area contributed by atoms with E-state index in [1.807, 2.05) is 19.9 Å². The molecule has 7 heteroatoms. The van der Waals surface area contributed by atoms with Gasteiger partial charge in [0, 0.05) is 13.1 Å². The number of nitrogens with one attached hydrogen (secondary N) is 1. The molecule has 1 aromatic rings. The van der Waals surface area contributed by atoms with Crippen LogP contribution in [0.1, 0.15) is 35.5 Å². The maximum Gasteiger partial charge on any atom is 0.342 e. The highest BCUT2D eigenvalue weighted by Crippen LogP contribution is 2.27. The summed E-state index contributed by atoms with van der Waals surface area (Å²) in [7, 11) is 1.21. The molecule has 0 atom stereocenters. The lowest BCUT2D eigenvalue weighted by molar-refractivity contribution is 0.0598. The predicted octanol–water partition coefficient (Wildman–Crippen LogP) is 2.12. The summed E-state index contributed by atoms with van der Waals surface area (Å²) in [5.41, 5.74) is -0.000275. The Morgan fingerprint density at radius 3 is 2.45 bits per heavy atom. The van der Waals surface area contributed by atoms with E-state index in [-0.39, 0.29) is 22.8 Å². The first kappa shape index (κ1) is 15.6. The Kier molecular flexibility index (Phi) is 5.15. The number of furan rings is 1. The lowest BCUT2D eigenvalue weighted by atomic mass is 10.1. The number of esters is 1. The van der Waals surface area contributed by atoms with E-state index in [0.29, 0.717) is 13.1 Å². The molecule has 0 fully saturated rings. The Morgan fingerprint density at radius 1 is 1.40 bits per heavy atom. The monoisotopic (exact) mass is 279 g/mol. The van der Waals surface area contributed by atoms with E-state index in [1.165, 1.54) is 18.9 Å². The summed E-state index contributed by atoms with van der Waals surface area (Å²) in [5, 5.41) is 11.6. The first-order chi connectivity index (χ1) is 9.49. The Morgan fingerprint density at radius 2 is 2.00 bits per heavy atom. The van der Waals surface area contributed by atoms with Gasteiger partial charge >= 0.3 is 12.0 Å². The fraction of sp³-hybridized carbons (Fsp3) is 0.462. The van der Waals surface area contributed by atoms with Crippen LogP contribution in [0.3, 0.4) is 0 Å². The molecular formula is C13H17N3O4. The summed E-state index contributed by atoms with van der Waals surface area (Å²) in [6.07, 6.45) is 0. The molecule has 0 radical (unpaired) electrons. The summed E-state index contributed by atoms with van der Waals surface area (Å²) in [5.74, 6) is -0.489. The average Bonchev–Trinajstić information content (AvgIpc) is 2.74. The number of urea groups is 1. The molecule has 0 aliphatic carbocycles. The van der Waals surface area contributed by atoms with E-state index < -0.39 is 12.0 Å². The van der Waals surface area contributed by atoms with Crippen molar-refractivity contribution in [1.29, 1.82) is 5.26 Å². The second-order valence-corrected chi connectivity index (χ2v) is 3.94. The number of hydrogen-bond acceptors (Lipinski definition) is 5. The highest BCUT2D eigenvalue weighted by atomic mass is 16.5. The molecular weight excluding hydrogens is 262 g/mol. The van der Waals surface area contributed by atoms with Crippen LogP contribution in [0.15, 0.2) is 4.42 Å². The van der Waals surface area contributed by atoms with E-state index in [2.05, 4.69) is 10.1 Å².